The first-order chi connectivity index (χ1) is 7.79. The van der Waals surface area contributed by atoms with Gasteiger partial charge in [-0.05, 0) is 19.3 Å². The van der Waals surface area contributed by atoms with Crippen molar-refractivity contribution in [3.63, 3.8) is 0 Å². The predicted octanol–water partition coefficient (Wildman–Crippen LogP) is 0.854. The van der Waals surface area contributed by atoms with Gasteiger partial charge in [0.05, 0.1) is 11.9 Å². The van der Waals surface area contributed by atoms with Crippen LogP contribution in [0.2, 0.25) is 0 Å². The van der Waals surface area contributed by atoms with Crippen LogP contribution in [0.1, 0.15) is 19.3 Å². The molecule has 0 atom stereocenters. The second-order valence-electron chi connectivity index (χ2n) is 4.07. The molecule has 0 amide bonds. The maximum atomic E-state index is 11.7. The minimum atomic E-state index is -0.0539. The van der Waals surface area contributed by atoms with Crippen LogP contribution in [0.25, 0.3) is 0 Å². The Morgan fingerprint density at radius 1 is 1.62 bits per heavy atom. The molecule has 0 spiro atoms. The number of methoxy groups -OCH3 is 1. The van der Waals surface area contributed by atoms with Crippen LogP contribution in [0, 0.1) is 0 Å². The van der Waals surface area contributed by atoms with Gasteiger partial charge in [0, 0.05) is 32.4 Å². The lowest BCUT2D eigenvalue weighted by Crippen LogP contribution is -2.23. The summed E-state index contributed by atoms with van der Waals surface area (Å²) in [5.41, 5.74) is 0.775. The van der Waals surface area contributed by atoms with E-state index in [0.29, 0.717) is 19.2 Å². The Balaban J connectivity index is 1.95. The average molecular weight is 223 g/mol. The summed E-state index contributed by atoms with van der Waals surface area (Å²) in [7, 11) is 1.65. The van der Waals surface area contributed by atoms with Crippen LogP contribution in [0.4, 0.5) is 5.69 Å². The van der Waals surface area contributed by atoms with E-state index in [1.165, 1.54) is 17.5 Å². The van der Waals surface area contributed by atoms with E-state index in [-0.39, 0.29) is 5.56 Å². The van der Waals surface area contributed by atoms with Crippen LogP contribution in [0.3, 0.4) is 0 Å². The zero-order chi connectivity index (χ0) is 11.4. The van der Waals surface area contributed by atoms with Gasteiger partial charge in [-0.2, -0.15) is 5.10 Å². The fourth-order valence-corrected chi connectivity index (χ4v) is 1.50. The topological polar surface area (TPSA) is 56.1 Å². The Labute approximate surface area is 94.4 Å². The van der Waals surface area contributed by atoms with E-state index < -0.39 is 0 Å². The molecule has 0 aromatic carbocycles. The third-order valence-electron chi connectivity index (χ3n) is 2.54. The van der Waals surface area contributed by atoms with E-state index >= 15 is 0 Å². The molecule has 0 unspecified atom stereocenters. The van der Waals surface area contributed by atoms with Gasteiger partial charge in [-0.25, -0.2) is 4.68 Å². The van der Waals surface area contributed by atoms with Crippen molar-refractivity contribution in [2.45, 2.75) is 31.8 Å². The predicted molar refractivity (Wildman–Crippen MR) is 61.6 cm³/mol. The molecule has 0 aliphatic heterocycles. The minimum absolute atomic E-state index is 0.0539. The smallest absolute Gasteiger partial charge is 0.268 e. The number of nitrogens with zero attached hydrogens (tertiary/aromatic N) is 2. The third kappa shape index (κ3) is 3.06. The van der Waals surface area contributed by atoms with Gasteiger partial charge >= 0.3 is 0 Å². The van der Waals surface area contributed by atoms with Crippen molar-refractivity contribution in [3.8, 4) is 0 Å². The molecule has 1 saturated carbocycles. The summed E-state index contributed by atoms with van der Waals surface area (Å²) >= 11 is 0. The standard InChI is InChI=1S/C11H17N3O2/c1-16-6-2-5-14-11(15)7-10(8-12-14)13-9-3-4-9/h7-9,13H,2-6H2,1H3. The molecule has 1 heterocycles. The van der Waals surface area contributed by atoms with Crippen molar-refractivity contribution < 1.29 is 4.74 Å². The SMILES string of the molecule is COCCCn1ncc(NC2CC2)cc1=O. The molecule has 88 valence electrons. The summed E-state index contributed by atoms with van der Waals surface area (Å²) in [6, 6.07) is 2.16. The van der Waals surface area contributed by atoms with Gasteiger partial charge in [-0.3, -0.25) is 4.79 Å². The van der Waals surface area contributed by atoms with Crippen molar-refractivity contribution in [2.24, 2.45) is 0 Å². The monoisotopic (exact) mass is 223 g/mol. The number of anilines is 1. The second kappa shape index (κ2) is 5.12. The number of aromatic nitrogens is 2. The quantitative estimate of drug-likeness (QED) is 0.726. The lowest BCUT2D eigenvalue weighted by atomic mass is 10.4. The lowest BCUT2D eigenvalue weighted by molar-refractivity contribution is 0.188. The highest BCUT2D eigenvalue weighted by Crippen LogP contribution is 2.23. The first-order valence-electron chi connectivity index (χ1n) is 5.62. The van der Waals surface area contributed by atoms with Crippen LogP contribution in [-0.4, -0.2) is 29.5 Å². The van der Waals surface area contributed by atoms with Crippen molar-refractivity contribution >= 4 is 5.69 Å². The number of hydrogen-bond donors (Lipinski definition) is 1. The molecule has 1 aromatic heterocycles. The summed E-state index contributed by atoms with van der Waals surface area (Å²) in [4.78, 5) is 11.7. The van der Waals surface area contributed by atoms with Gasteiger partial charge in [0.25, 0.3) is 5.56 Å². The van der Waals surface area contributed by atoms with Gasteiger partial charge in [0.2, 0.25) is 0 Å². The summed E-state index contributed by atoms with van der Waals surface area (Å²) < 4.78 is 6.40. The summed E-state index contributed by atoms with van der Waals surface area (Å²) in [5.74, 6) is 0. The number of hydrogen-bond acceptors (Lipinski definition) is 4. The lowest BCUT2D eigenvalue weighted by Gasteiger charge is -2.06. The Morgan fingerprint density at radius 3 is 3.06 bits per heavy atom. The average Bonchev–Trinajstić information content (AvgIpc) is 3.05. The molecule has 1 N–H and O–H groups in total. The highest BCUT2D eigenvalue weighted by atomic mass is 16.5. The van der Waals surface area contributed by atoms with Crippen LogP contribution in [-0.2, 0) is 11.3 Å². The molecule has 1 aromatic rings. The van der Waals surface area contributed by atoms with Crippen LogP contribution in [0.5, 0.6) is 0 Å². The largest absolute Gasteiger partial charge is 0.385 e. The molecule has 5 heteroatoms. The molecule has 16 heavy (non-hydrogen) atoms. The summed E-state index contributed by atoms with van der Waals surface area (Å²) in [5, 5.41) is 7.37. The van der Waals surface area contributed by atoms with E-state index in [2.05, 4.69) is 10.4 Å². The highest BCUT2D eigenvalue weighted by molar-refractivity contribution is 5.41. The first kappa shape index (κ1) is 11.1. The number of aryl methyl sites for hydroxylation is 1. The molecule has 5 nitrogen and oxygen atoms in total. The molecule has 1 aliphatic carbocycles. The summed E-state index contributed by atoms with van der Waals surface area (Å²) in [6.45, 7) is 1.26. The zero-order valence-corrected chi connectivity index (χ0v) is 9.48. The Bertz CT molecular complexity index is 398. The van der Waals surface area contributed by atoms with Gasteiger partial charge in [0.1, 0.15) is 0 Å². The normalized spacial score (nSPS) is 15.1. The molecule has 0 bridgehead atoms. The fraction of sp³-hybridized carbons (Fsp3) is 0.636. The maximum absolute atomic E-state index is 11.7. The molecule has 0 radical (unpaired) electrons. The summed E-state index contributed by atoms with van der Waals surface area (Å²) in [6.07, 6.45) is 4.90. The van der Waals surface area contributed by atoms with Crippen molar-refractivity contribution in [3.05, 3.63) is 22.6 Å². The Kier molecular flexibility index (Phi) is 3.56. The van der Waals surface area contributed by atoms with E-state index in [9.17, 15) is 4.79 Å². The van der Waals surface area contributed by atoms with Crippen molar-refractivity contribution in [1.29, 1.82) is 0 Å². The zero-order valence-electron chi connectivity index (χ0n) is 9.48. The van der Waals surface area contributed by atoms with Gasteiger partial charge < -0.3 is 10.1 Å². The molecule has 1 aliphatic rings. The van der Waals surface area contributed by atoms with E-state index in [4.69, 9.17) is 4.74 Å². The molecular weight excluding hydrogens is 206 g/mol. The van der Waals surface area contributed by atoms with E-state index in [1.54, 1.807) is 19.4 Å². The van der Waals surface area contributed by atoms with Crippen molar-refractivity contribution in [2.75, 3.05) is 19.0 Å². The van der Waals surface area contributed by atoms with Gasteiger partial charge in [-0.15, -0.1) is 0 Å². The molecular formula is C11H17N3O2. The third-order valence-corrected chi connectivity index (χ3v) is 2.54. The van der Waals surface area contributed by atoms with Crippen LogP contribution >= 0.6 is 0 Å². The number of nitrogens with one attached hydrogen (secondary N) is 1. The Hall–Kier alpha value is -1.36. The fourth-order valence-electron chi connectivity index (χ4n) is 1.50. The highest BCUT2D eigenvalue weighted by Gasteiger charge is 2.20. The van der Waals surface area contributed by atoms with Crippen LogP contribution < -0.4 is 10.9 Å². The molecule has 1 fully saturated rings. The molecule has 0 saturated heterocycles. The van der Waals surface area contributed by atoms with Crippen LogP contribution in [0.15, 0.2) is 17.1 Å². The number of ether oxygens (including phenoxy) is 1. The first-order valence-corrected chi connectivity index (χ1v) is 5.62. The molecule has 2 rings (SSSR count). The maximum Gasteiger partial charge on any atom is 0.268 e. The van der Waals surface area contributed by atoms with Gasteiger partial charge in [-0.1, -0.05) is 0 Å². The second-order valence-corrected chi connectivity index (χ2v) is 4.07. The Morgan fingerprint density at radius 2 is 2.44 bits per heavy atom. The van der Waals surface area contributed by atoms with Crippen molar-refractivity contribution in [1.82, 2.24) is 9.78 Å². The minimum Gasteiger partial charge on any atom is -0.385 e. The number of rotatable bonds is 6. The van der Waals surface area contributed by atoms with Gasteiger partial charge in [0.15, 0.2) is 0 Å². The van der Waals surface area contributed by atoms with E-state index in [1.807, 2.05) is 0 Å². The van der Waals surface area contributed by atoms with E-state index in [0.717, 1.165) is 12.1 Å².